The van der Waals surface area contributed by atoms with Crippen molar-refractivity contribution in [2.24, 2.45) is 0 Å². The van der Waals surface area contributed by atoms with E-state index in [0.29, 0.717) is 24.9 Å². The highest BCUT2D eigenvalue weighted by Crippen LogP contribution is 2.35. The minimum atomic E-state index is -0.252. The van der Waals surface area contributed by atoms with Crippen LogP contribution in [0.5, 0.6) is 0 Å². The van der Waals surface area contributed by atoms with Crippen LogP contribution in [-0.4, -0.2) is 22.8 Å². The van der Waals surface area contributed by atoms with Gasteiger partial charge in [-0.25, -0.2) is 9.37 Å². The van der Waals surface area contributed by atoms with Crippen LogP contribution in [0.25, 0.3) is 10.2 Å². The third-order valence-electron chi connectivity index (χ3n) is 4.75. The van der Waals surface area contributed by atoms with E-state index in [1.807, 2.05) is 27.7 Å². The fraction of sp³-hybridized carbons (Fsp3) is 0.429. The molecule has 150 valence electrons. The smallest absolute Gasteiger partial charge is 0.263 e. The predicted molar refractivity (Wildman–Crippen MR) is 115 cm³/mol. The van der Waals surface area contributed by atoms with Crippen LogP contribution in [0.3, 0.4) is 0 Å². The number of aromatic nitrogens is 2. The Morgan fingerprint density at radius 2 is 2.00 bits per heavy atom. The zero-order valence-corrected chi connectivity index (χ0v) is 18.3. The molecule has 1 aromatic carbocycles. The van der Waals surface area contributed by atoms with Gasteiger partial charge in [-0.05, 0) is 57.4 Å². The second-order valence-corrected chi connectivity index (χ2v) is 9.19. The minimum absolute atomic E-state index is 0.0113. The number of rotatable bonds is 8. The molecule has 0 aliphatic rings. The molecule has 0 amide bonds. The SMILES string of the molecule is CCOCCCn1c(S[C@H](C)c2ccc(F)cc2)nc2sc(C)c(C)c2c1=O. The number of aryl methyl sites for hydroxylation is 2. The average Bonchev–Trinajstić information content (AvgIpc) is 2.95. The maximum Gasteiger partial charge on any atom is 0.263 e. The molecule has 0 radical (unpaired) electrons. The quantitative estimate of drug-likeness (QED) is 0.274. The van der Waals surface area contributed by atoms with E-state index >= 15 is 0 Å². The Bertz CT molecular complexity index is 1010. The molecule has 0 unspecified atom stereocenters. The molecular weight excluding hydrogens is 395 g/mol. The third-order valence-corrected chi connectivity index (χ3v) is 7.00. The highest BCUT2D eigenvalue weighted by Gasteiger charge is 2.19. The first kappa shape index (κ1) is 21.0. The molecule has 28 heavy (non-hydrogen) atoms. The van der Waals surface area contributed by atoms with Crippen LogP contribution in [0.15, 0.2) is 34.2 Å². The fourth-order valence-corrected chi connectivity index (χ4v) is 5.16. The van der Waals surface area contributed by atoms with E-state index in [9.17, 15) is 9.18 Å². The summed E-state index contributed by atoms with van der Waals surface area (Å²) in [6, 6.07) is 6.49. The molecule has 2 heterocycles. The van der Waals surface area contributed by atoms with Gasteiger partial charge in [0, 0.05) is 29.9 Å². The number of hydrogen-bond donors (Lipinski definition) is 0. The number of nitrogens with zero attached hydrogens (tertiary/aromatic N) is 2. The van der Waals surface area contributed by atoms with E-state index in [2.05, 4.69) is 0 Å². The first-order chi connectivity index (χ1) is 13.4. The molecule has 0 saturated heterocycles. The summed E-state index contributed by atoms with van der Waals surface area (Å²) in [6.45, 7) is 9.85. The maximum atomic E-state index is 13.2. The first-order valence-electron chi connectivity index (χ1n) is 9.42. The molecule has 2 aromatic heterocycles. The van der Waals surface area contributed by atoms with Gasteiger partial charge in [-0.15, -0.1) is 11.3 Å². The third kappa shape index (κ3) is 4.47. The molecule has 3 rings (SSSR count). The highest BCUT2D eigenvalue weighted by molar-refractivity contribution is 7.99. The normalized spacial score (nSPS) is 12.6. The Labute approximate surface area is 172 Å². The molecule has 4 nitrogen and oxygen atoms in total. The topological polar surface area (TPSA) is 44.1 Å². The molecule has 0 bridgehead atoms. The maximum absolute atomic E-state index is 13.2. The fourth-order valence-electron chi connectivity index (χ4n) is 3.02. The summed E-state index contributed by atoms with van der Waals surface area (Å²) in [5.41, 5.74) is 2.02. The van der Waals surface area contributed by atoms with E-state index in [4.69, 9.17) is 9.72 Å². The van der Waals surface area contributed by atoms with E-state index in [1.54, 1.807) is 28.0 Å². The highest BCUT2D eigenvalue weighted by atomic mass is 32.2. The summed E-state index contributed by atoms with van der Waals surface area (Å²) < 4.78 is 20.4. The number of fused-ring (bicyclic) bond motifs is 1. The van der Waals surface area contributed by atoms with Crippen molar-refractivity contribution in [1.82, 2.24) is 9.55 Å². The predicted octanol–water partition coefficient (Wildman–Crippen LogP) is 5.49. The lowest BCUT2D eigenvalue weighted by atomic mass is 10.2. The standard InChI is InChI=1S/C21H25FN2O2S2/c1-5-26-12-6-11-24-20(25)18-13(2)14(3)27-19(18)23-21(24)28-15(4)16-7-9-17(22)10-8-16/h7-10,15H,5-6,11-12H2,1-4H3/t15-/m1/s1. The van der Waals surface area contributed by atoms with E-state index in [-0.39, 0.29) is 16.6 Å². The molecule has 0 saturated carbocycles. The Hall–Kier alpha value is -1.70. The van der Waals surface area contributed by atoms with Crippen LogP contribution in [0.1, 0.15) is 41.5 Å². The van der Waals surface area contributed by atoms with Gasteiger partial charge in [0.25, 0.3) is 5.56 Å². The molecule has 0 aliphatic carbocycles. The number of ether oxygens (including phenoxy) is 1. The van der Waals surface area contributed by atoms with Crippen molar-refractivity contribution in [3.8, 4) is 0 Å². The van der Waals surface area contributed by atoms with Crippen LogP contribution < -0.4 is 5.56 Å². The molecule has 0 spiro atoms. The van der Waals surface area contributed by atoms with Crippen LogP contribution in [0.4, 0.5) is 4.39 Å². The number of hydrogen-bond acceptors (Lipinski definition) is 5. The summed E-state index contributed by atoms with van der Waals surface area (Å²) in [6.07, 6.45) is 0.752. The molecule has 7 heteroatoms. The van der Waals surface area contributed by atoms with Gasteiger partial charge in [-0.3, -0.25) is 9.36 Å². The van der Waals surface area contributed by atoms with Crippen molar-refractivity contribution in [3.63, 3.8) is 0 Å². The number of thioether (sulfide) groups is 1. The van der Waals surface area contributed by atoms with Crippen LogP contribution >= 0.6 is 23.1 Å². The van der Waals surface area contributed by atoms with Gasteiger partial charge in [-0.2, -0.15) is 0 Å². The minimum Gasteiger partial charge on any atom is -0.382 e. The summed E-state index contributed by atoms with van der Waals surface area (Å²) in [7, 11) is 0. The lowest BCUT2D eigenvalue weighted by molar-refractivity contribution is 0.140. The summed E-state index contributed by atoms with van der Waals surface area (Å²) >= 11 is 3.09. The molecular formula is C21H25FN2O2S2. The van der Waals surface area contributed by atoms with Crippen molar-refractivity contribution < 1.29 is 9.13 Å². The van der Waals surface area contributed by atoms with Crippen molar-refractivity contribution >= 4 is 33.3 Å². The van der Waals surface area contributed by atoms with Gasteiger partial charge in [0.15, 0.2) is 5.16 Å². The van der Waals surface area contributed by atoms with Gasteiger partial charge in [0.1, 0.15) is 10.6 Å². The van der Waals surface area contributed by atoms with E-state index in [0.717, 1.165) is 32.6 Å². The van der Waals surface area contributed by atoms with E-state index in [1.165, 1.54) is 23.9 Å². The van der Waals surface area contributed by atoms with Crippen molar-refractivity contribution in [2.45, 2.75) is 51.1 Å². The van der Waals surface area contributed by atoms with Gasteiger partial charge in [-0.1, -0.05) is 23.9 Å². The Morgan fingerprint density at radius 3 is 2.68 bits per heavy atom. The Balaban J connectivity index is 1.98. The largest absolute Gasteiger partial charge is 0.382 e. The molecule has 3 aromatic rings. The first-order valence-corrected chi connectivity index (χ1v) is 11.1. The van der Waals surface area contributed by atoms with Crippen LogP contribution in [0.2, 0.25) is 0 Å². The second kappa shape index (κ2) is 9.20. The number of thiophene rings is 1. The van der Waals surface area contributed by atoms with Crippen molar-refractivity contribution in [3.05, 3.63) is 56.4 Å². The molecule has 0 aliphatic heterocycles. The molecule has 0 N–H and O–H groups in total. The van der Waals surface area contributed by atoms with Crippen molar-refractivity contribution in [1.29, 1.82) is 0 Å². The van der Waals surface area contributed by atoms with Crippen LogP contribution in [-0.2, 0) is 11.3 Å². The summed E-state index contributed by atoms with van der Waals surface area (Å²) in [5.74, 6) is -0.252. The second-order valence-electron chi connectivity index (χ2n) is 6.68. The zero-order valence-electron chi connectivity index (χ0n) is 16.6. The summed E-state index contributed by atoms with van der Waals surface area (Å²) in [4.78, 5) is 20.0. The monoisotopic (exact) mass is 420 g/mol. The lowest BCUT2D eigenvalue weighted by Gasteiger charge is -2.16. The van der Waals surface area contributed by atoms with E-state index < -0.39 is 0 Å². The number of benzene rings is 1. The zero-order chi connectivity index (χ0) is 20.3. The van der Waals surface area contributed by atoms with Gasteiger partial charge in [0.05, 0.1) is 5.39 Å². The Kier molecular flexibility index (Phi) is 6.91. The molecule has 1 atom stereocenters. The molecule has 0 fully saturated rings. The average molecular weight is 421 g/mol. The Morgan fingerprint density at radius 1 is 1.29 bits per heavy atom. The van der Waals surface area contributed by atoms with Gasteiger partial charge < -0.3 is 4.74 Å². The van der Waals surface area contributed by atoms with Crippen LogP contribution in [0, 0.1) is 19.7 Å². The lowest BCUT2D eigenvalue weighted by Crippen LogP contribution is -2.24. The van der Waals surface area contributed by atoms with Gasteiger partial charge >= 0.3 is 0 Å². The van der Waals surface area contributed by atoms with Gasteiger partial charge in [0.2, 0.25) is 0 Å². The summed E-state index contributed by atoms with van der Waals surface area (Å²) in [5, 5.41) is 1.47. The van der Waals surface area contributed by atoms with Crippen molar-refractivity contribution in [2.75, 3.05) is 13.2 Å². The number of halogens is 1.